The molecule has 0 atom stereocenters. The van der Waals surface area contributed by atoms with Crippen molar-refractivity contribution in [2.24, 2.45) is 0 Å². The quantitative estimate of drug-likeness (QED) is 0.637. The predicted octanol–water partition coefficient (Wildman–Crippen LogP) is 4.44. The molecule has 0 aliphatic carbocycles. The molecule has 0 aliphatic rings. The van der Waals surface area contributed by atoms with Crippen molar-refractivity contribution in [2.75, 3.05) is 12.4 Å². The molecule has 3 aromatic rings. The Balaban J connectivity index is 1.59. The van der Waals surface area contributed by atoms with Crippen molar-refractivity contribution >= 4 is 40.1 Å². The van der Waals surface area contributed by atoms with Crippen LogP contribution < -0.4 is 10.1 Å². The SMILES string of the molecule is COc1ccc(Cc2nnc(NC(=O)/C=C/c3ccccc3Cl)s2)cc1. The van der Waals surface area contributed by atoms with Crippen molar-refractivity contribution in [2.45, 2.75) is 6.42 Å². The Morgan fingerprint density at radius 2 is 1.96 bits per heavy atom. The Bertz CT molecular complexity index is 923. The maximum absolute atomic E-state index is 12.0. The zero-order chi connectivity index (χ0) is 18.4. The summed E-state index contributed by atoms with van der Waals surface area (Å²) in [6, 6.07) is 15.1. The van der Waals surface area contributed by atoms with E-state index in [1.165, 1.54) is 17.4 Å². The largest absolute Gasteiger partial charge is 0.497 e. The van der Waals surface area contributed by atoms with Crippen LogP contribution in [-0.4, -0.2) is 23.2 Å². The van der Waals surface area contributed by atoms with Crippen molar-refractivity contribution in [1.29, 1.82) is 0 Å². The number of ether oxygens (including phenoxy) is 1. The van der Waals surface area contributed by atoms with E-state index in [1.807, 2.05) is 42.5 Å². The van der Waals surface area contributed by atoms with Crippen LogP contribution in [0.1, 0.15) is 16.1 Å². The van der Waals surface area contributed by atoms with Gasteiger partial charge in [-0.05, 0) is 35.4 Å². The molecule has 26 heavy (non-hydrogen) atoms. The van der Waals surface area contributed by atoms with Gasteiger partial charge in [-0.1, -0.05) is 53.3 Å². The summed E-state index contributed by atoms with van der Waals surface area (Å²) in [7, 11) is 1.63. The van der Waals surface area contributed by atoms with Crippen LogP contribution in [0.15, 0.2) is 54.6 Å². The van der Waals surface area contributed by atoms with E-state index < -0.39 is 0 Å². The third-order valence-corrected chi connectivity index (χ3v) is 4.71. The van der Waals surface area contributed by atoms with Crippen LogP contribution in [0.3, 0.4) is 0 Å². The minimum absolute atomic E-state index is 0.280. The van der Waals surface area contributed by atoms with E-state index in [9.17, 15) is 4.79 Å². The van der Waals surface area contributed by atoms with Gasteiger partial charge in [0.15, 0.2) is 0 Å². The molecule has 1 heterocycles. The number of hydrogen-bond donors (Lipinski definition) is 1. The highest BCUT2D eigenvalue weighted by Gasteiger charge is 2.07. The number of amides is 1. The number of nitrogens with zero attached hydrogens (tertiary/aromatic N) is 2. The Morgan fingerprint density at radius 1 is 1.19 bits per heavy atom. The van der Waals surface area contributed by atoms with Gasteiger partial charge in [-0.2, -0.15) is 0 Å². The molecule has 1 amide bonds. The zero-order valence-corrected chi connectivity index (χ0v) is 15.6. The van der Waals surface area contributed by atoms with Crippen molar-refractivity contribution in [3.63, 3.8) is 0 Å². The molecule has 0 saturated carbocycles. The number of halogens is 1. The maximum atomic E-state index is 12.0. The molecule has 3 rings (SSSR count). The average Bonchev–Trinajstić information content (AvgIpc) is 3.08. The second kappa shape index (κ2) is 8.60. The lowest BCUT2D eigenvalue weighted by Gasteiger charge is -2.00. The highest BCUT2D eigenvalue weighted by atomic mass is 35.5. The smallest absolute Gasteiger partial charge is 0.250 e. The Labute approximate surface area is 160 Å². The van der Waals surface area contributed by atoms with E-state index in [-0.39, 0.29) is 5.91 Å². The molecule has 0 fully saturated rings. The lowest BCUT2D eigenvalue weighted by molar-refractivity contribution is -0.111. The molecular weight excluding hydrogens is 370 g/mol. The third-order valence-electron chi connectivity index (χ3n) is 3.53. The summed E-state index contributed by atoms with van der Waals surface area (Å²) >= 11 is 7.40. The van der Waals surface area contributed by atoms with E-state index in [2.05, 4.69) is 15.5 Å². The molecule has 0 bridgehead atoms. The molecule has 0 radical (unpaired) electrons. The Hall–Kier alpha value is -2.70. The molecule has 0 unspecified atom stereocenters. The summed E-state index contributed by atoms with van der Waals surface area (Å²) in [6.45, 7) is 0. The minimum Gasteiger partial charge on any atom is -0.497 e. The van der Waals surface area contributed by atoms with Gasteiger partial charge in [-0.25, -0.2) is 0 Å². The maximum Gasteiger partial charge on any atom is 0.250 e. The molecule has 0 saturated heterocycles. The molecule has 7 heteroatoms. The first-order valence-electron chi connectivity index (χ1n) is 7.83. The van der Waals surface area contributed by atoms with Gasteiger partial charge in [0.25, 0.3) is 0 Å². The molecule has 132 valence electrons. The molecule has 5 nitrogen and oxygen atoms in total. The lowest BCUT2D eigenvalue weighted by Crippen LogP contribution is -2.07. The summed E-state index contributed by atoms with van der Waals surface area (Å²) in [6.07, 6.45) is 3.73. The second-order valence-electron chi connectivity index (χ2n) is 5.37. The van der Waals surface area contributed by atoms with Crippen LogP contribution in [0.2, 0.25) is 5.02 Å². The third kappa shape index (κ3) is 4.91. The lowest BCUT2D eigenvalue weighted by atomic mass is 10.1. The summed E-state index contributed by atoms with van der Waals surface area (Å²) in [5.74, 6) is 0.529. The normalized spacial score (nSPS) is 10.8. The Morgan fingerprint density at radius 3 is 2.69 bits per heavy atom. The summed E-state index contributed by atoms with van der Waals surface area (Å²) in [4.78, 5) is 12.0. The highest BCUT2D eigenvalue weighted by Crippen LogP contribution is 2.20. The number of rotatable bonds is 6. The average molecular weight is 386 g/mol. The highest BCUT2D eigenvalue weighted by molar-refractivity contribution is 7.15. The number of methoxy groups -OCH3 is 1. The van der Waals surface area contributed by atoms with Crippen molar-refractivity contribution < 1.29 is 9.53 Å². The second-order valence-corrected chi connectivity index (χ2v) is 6.84. The molecule has 0 aliphatic heterocycles. The monoisotopic (exact) mass is 385 g/mol. The fourth-order valence-corrected chi connectivity index (χ4v) is 3.19. The van der Waals surface area contributed by atoms with Gasteiger partial charge in [0.05, 0.1) is 7.11 Å². The Kier molecular flexibility index (Phi) is 5.99. The molecule has 2 aromatic carbocycles. The number of anilines is 1. The first-order chi connectivity index (χ1) is 12.6. The van der Waals surface area contributed by atoms with Gasteiger partial charge in [-0.3, -0.25) is 10.1 Å². The van der Waals surface area contributed by atoms with E-state index >= 15 is 0 Å². The number of benzene rings is 2. The first-order valence-corrected chi connectivity index (χ1v) is 9.02. The van der Waals surface area contributed by atoms with Crippen LogP contribution in [0.25, 0.3) is 6.08 Å². The topological polar surface area (TPSA) is 64.1 Å². The van der Waals surface area contributed by atoms with Gasteiger partial charge in [0.1, 0.15) is 10.8 Å². The van der Waals surface area contributed by atoms with Crippen LogP contribution in [0, 0.1) is 0 Å². The van der Waals surface area contributed by atoms with E-state index in [1.54, 1.807) is 19.3 Å². The van der Waals surface area contributed by atoms with Gasteiger partial charge in [-0.15, -0.1) is 10.2 Å². The van der Waals surface area contributed by atoms with Crippen LogP contribution in [0.4, 0.5) is 5.13 Å². The van der Waals surface area contributed by atoms with E-state index in [0.717, 1.165) is 21.9 Å². The van der Waals surface area contributed by atoms with Crippen molar-refractivity contribution in [3.8, 4) is 5.75 Å². The number of hydrogen-bond acceptors (Lipinski definition) is 5. The number of carbonyl (C=O) groups excluding carboxylic acids is 1. The summed E-state index contributed by atoms with van der Waals surface area (Å²) in [5, 5.41) is 12.7. The van der Waals surface area contributed by atoms with Crippen LogP contribution in [-0.2, 0) is 11.2 Å². The predicted molar refractivity (Wildman–Crippen MR) is 105 cm³/mol. The van der Waals surface area contributed by atoms with Crippen molar-refractivity contribution in [3.05, 3.63) is 75.8 Å². The fourth-order valence-electron chi connectivity index (χ4n) is 2.22. The number of nitrogens with one attached hydrogen (secondary N) is 1. The fraction of sp³-hybridized carbons (Fsp3) is 0.105. The van der Waals surface area contributed by atoms with Crippen molar-refractivity contribution in [1.82, 2.24) is 10.2 Å². The van der Waals surface area contributed by atoms with Gasteiger partial charge in [0, 0.05) is 17.5 Å². The van der Waals surface area contributed by atoms with Gasteiger partial charge >= 0.3 is 0 Å². The summed E-state index contributed by atoms with van der Waals surface area (Å²) < 4.78 is 5.14. The standard InChI is InChI=1S/C19H16ClN3O2S/c1-25-15-9-6-13(7-10-15)12-18-22-23-19(26-18)21-17(24)11-8-14-4-2-3-5-16(14)20/h2-11H,12H2,1H3,(H,21,23,24)/b11-8+. The molecule has 1 aromatic heterocycles. The number of carbonyl (C=O) groups is 1. The molecular formula is C19H16ClN3O2S. The van der Waals surface area contributed by atoms with Crippen LogP contribution in [0.5, 0.6) is 5.75 Å². The van der Waals surface area contributed by atoms with Gasteiger partial charge in [0.2, 0.25) is 11.0 Å². The minimum atomic E-state index is -0.280. The van der Waals surface area contributed by atoms with E-state index in [4.69, 9.17) is 16.3 Å². The van der Waals surface area contributed by atoms with Gasteiger partial charge < -0.3 is 4.74 Å². The zero-order valence-electron chi connectivity index (χ0n) is 14.0. The first kappa shape index (κ1) is 18.1. The molecule has 1 N–H and O–H groups in total. The van der Waals surface area contributed by atoms with E-state index in [0.29, 0.717) is 16.6 Å². The molecule has 0 spiro atoms. The number of aromatic nitrogens is 2. The van der Waals surface area contributed by atoms with Crippen LogP contribution >= 0.6 is 22.9 Å². The summed E-state index contributed by atoms with van der Waals surface area (Å²) in [5.41, 5.74) is 1.88.